The zero-order valence-electron chi connectivity index (χ0n) is 12.3. The first-order valence-corrected chi connectivity index (χ1v) is 6.67. The van der Waals surface area contributed by atoms with Crippen LogP contribution in [0.4, 0.5) is 5.69 Å². The lowest BCUT2D eigenvalue weighted by Gasteiger charge is -2.16. The van der Waals surface area contributed by atoms with Gasteiger partial charge in [0, 0.05) is 17.8 Å². The summed E-state index contributed by atoms with van der Waals surface area (Å²) in [5.41, 5.74) is 2.99. The minimum atomic E-state index is -1.14. The fourth-order valence-corrected chi connectivity index (χ4v) is 1.85. The molecule has 1 amide bonds. The Bertz CT molecular complexity index is 531. The second-order valence-corrected chi connectivity index (χ2v) is 5.32. The first-order valence-electron chi connectivity index (χ1n) is 6.67. The number of hydrogen-bond donors (Lipinski definition) is 2. The topological polar surface area (TPSA) is 66.4 Å². The molecule has 0 bridgehead atoms. The molecule has 4 nitrogen and oxygen atoms in total. The van der Waals surface area contributed by atoms with Crippen molar-refractivity contribution in [1.82, 2.24) is 0 Å². The summed E-state index contributed by atoms with van der Waals surface area (Å²) in [7, 11) is 0. The lowest BCUT2D eigenvalue weighted by atomic mass is 9.94. The van der Waals surface area contributed by atoms with Gasteiger partial charge in [0.25, 0.3) is 0 Å². The van der Waals surface area contributed by atoms with Crippen LogP contribution in [0.25, 0.3) is 0 Å². The number of rotatable bonds is 5. The van der Waals surface area contributed by atoms with Crippen LogP contribution >= 0.6 is 0 Å². The van der Waals surface area contributed by atoms with Gasteiger partial charge < -0.3 is 10.4 Å². The van der Waals surface area contributed by atoms with Crippen molar-refractivity contribution in [3.05, 3.63) is 41.5 Å². The van der Waals surface area contributed by atoms with E-state index in [9.17, 15) is 9.59 Å². The number of hydrogen-bond acceptors (Lipinski definition) is 2. The third kappa shape index (κ3) is 4.53. The number of benzene rings is 1. The number of carboxylic acids is 1. The monoisotopic (exact) mass is 275 g/mol. The van der Waals surface area contributed by atoms with E-state index >= 15 is 0 Å². The normalized spacial score (nSPS) is 11.3. The Morgan fingerprint density at radius 2 is 1.75 bits per heavy atom. The highest BCUT2D eigenvalue weighted by molar-refractivity contribution is 6.02. The SMILES string of the molecule is CC(C)c1ccc(NC(=O)/C=C/C(=O)O)c(C(C)C)c1. The molecule has 0 heterocycles. The fourth-order valence-electron chi connectivity index (χ4n) is 1.85. The van der Waals surface area contributed by atoms with Crippen molar-refractivity contribution in [1.29, 1.82) is 0 Å². The van der Waals surface area contributed by atoms with E-state index < -0.39 is 11.9 Å². The molecule has 0 radical (unpaired) electrons. The van der Waals surface area contributed by atoms with Gasteiger partial charge in [-0.05, 0) is 29.0 Å². The molecule has 0 aliphatic rings. The Balaban J connectivity index is 3.00. The van der Waals surface area contributed by atoms with E-state index in [2.05, 4.69) is 39.1 Å². The van der Waals surface area contributed by atoms with Gasteiger partial charge >= 0.3 is 5.97 Å². The highest BCUT2D eigenvalue weighted by atomic mass is 16.4. The van der Waals surface area contributed by atoms with Crippen molar-refractivity contribution >= 4 is 17.6 Å². The molecule has 108 valence electrons. The largest absolute Gasteiger partial charge is 0.478 e. The number of carbonyl (C=O) groups is 2. The highest BCUT2D eigenvalue weighted by Crippen LogP contribution is 2.28. The molecule has 0 atom stereocenters. The molecule has 0 fully saturated rings. The minimum Gasteiger partial charge on any atom is -0.478 e. The first-order chi connectivity index (χ1) is 9.31. The van der Waals surface area contributed by atoms with Crippen molar-refractivity contribution in [2.24, 2.45) is 0 Å². The Hall–Kier alpha value is -2.10. The minimum absolute atomic E-state index is 0.271. The van der Waals surface area contributed by atoms with Crippen LogP contribution < -0.4 is 5.32 Å². The van der Waals surface area contributed by atoms with Gasteiger partial charge in [-0.3, -0.25) is 4.79 Å². The van der Waals surface area contributed by atoms with Crippen LogP contribution in [-0.2, 0) is 9.59 Å². The van der Waals surface area contributed by atoms with Gasteiger partial charge in [-0.2, -0.15) is 0 Å². The average Bonchev–Trinajstić information content (AvgIpc) is 2.36. The molecule has 0 spiro atoms. The summed E-state index contributed by atoms with van der Waals surface area (Å²) in [6.07, 6.45) is 1.84. The van der Waals surface area contributed by atoms with Crippen molar-refractivity contribution in [3.8, 4) is 0 Å². The summed E-state index contributed by atoms with van der Waals surface area (Å²) in [4.78, 5) is 22.0. The van der Waals surface area contributed by atoms with Crippen molar-refractivity contribution in [2.75, 3.05) is 5.32 Å². The molecule has 1 aromatic carbocycles. The zero-order chi connectivity index (χ0) is 15.3. The molecule has 20 heavy (non-hydrogen) atoms. The van der Waals surface area contributed by atoms with Crippen LogP contribution in [0.2, 0.25) is 0 Å². The summed E-state index contributed by atoms with van der Waals surface area (Å²) < 4.78 is 0. The number of nitrogens with one attached hydrogen (secondary N) is 1. The van der Waals surface area contributed by atoms with E-state index in [0.717, 1.165) is 23.4 Å². The fraction of sp³-hybridized carbons (Fsp3) is 0.375. The summed E-state index contributed by atoms with van der Waals surface area (Å²) in [5.74, 6) is -0.886. The molecule has 0 saturated carbocycles. The highest BCUT2D eigenvalue weighted by Gasteiger charge is 2.11. The second kappa shape index (κ2) is 6.89. The zero-order valence-corrected chi connectivity index (χ0v) is 12.3. The van der Waals surface area contributed by atoms with Gasteiger partial charge in [0.1, 0.15) is 0 Å². The van der Waals surface area contributed by atoms with Crippen LogP contribution in [0, 0.1) is 0 Å². The number of aliphatic carboxylic acids is 1. The molecule has 0 unspecified atom stereocenters. The van der Waals surface area contributed by atoms with Gasteiger partial charge in [-0.1, -0.05) is 39.8 Å². The molecule has 4 heteroatoms. The second-order valence-electron chi connectivity index (χ2n) is 5.32. The Morgan fingerprint density at radius 1 is 1.10 bits per heavy atom. The smallest absolute Gasteiger partial charge is 0.328 e. The predicted molar refractivity (Wildman–Crippen MR) is 80.0 cm³/mol. The number of carboxylic acid groups (broad SMARTS) is 1. The van der Waals surface area contributed by atoms with E-state index in [1.54, 1.807) is 0 Å². The lowest BCUT2D eigenvalue weighted by Crippen LogP contribution is -2.11. The van der Waals surface area contributed by atoms with Crippen LogP contribution in [-0.4, -0.2) is 17.0 Å². The quantitative estimate of drug-likeness (QED) is 0.808. The molecule has 0 aromatic heterocycles. The molecule has 0 saturated heterocycles. The maximum Gasteiger partial charge on any atom is 0.328 e. The molecule has 2 N–H and O–H groups in total. The van der Waals surface area contributed by atoms with Crippen LogP contribution in [0.5, 0.6) is 0 Å². The Labute approximate surface area is 119 Å². The lowest BCUT2D eigenvalue weighted by molar-refractivity contribution is -0.131. The number of anilines is 1. The maximum atomic E-state index is 11.6. The summed E-state index contributed by atoms with van der Waals surface area (Å²) in [6.45, 7) is 8.35. The molecule has 1 aromatic rings. The molecular formula is C16H21NO3. The summed E-state index contributed by atoms with van der Waals surface area (Å²) >= 11 is 0. The number of carbonyl (C=O) groups excluding carboxylic acids is 1. The summed E-state index contributed by atoms with van der Waals surface area (Å²) in [5, 5.41) is 11.2. The van der Waals surface area contributed by atoms with E-state index in [1.807, 2.05) is 12.1 Å². The van der Waals surface area contributed by atoms with E-state index in [-0.39, 0.29) is 5.92 Å². The predicted octanol–water partition coefficient (Wildman–Crippen LogP) is 3.51. The van der Waals surface area contributed by atoms with Crippen molar-refractivity contribution in [3.63, 3.8) is 0 Å². The van der Waals surface area contributed by atoms with E-state index in [4.69, 9.17) is 5.11 Å². The molecule has 0 aliphatic carbocycles. The Morgan fingerprint density at radius 3 is 2.25 bits per heavy atom. The van der Waals surface area contributed by atoms with Crippen LogP contribution in [0.1, 0.15) is 50.7 Å². The standard InChI is InChI=1S/C16H21NO3/c1-10(2)12-5-6-14(13(9-12)11(3)4)17-15(18)7-8-16(19)20/h5-11H,1-4H3,(H,17,18)(H,19,20)/b8-7+. The Kier molecular flexibility index (Phi) is 5.50. The van der Waals surface area contributed by atoms with Crippen molar-refractivity contribution < 1.29 is 14.7 Å². The van der Waals surface area contributed by atoms with Gasteiger partial charge in [0.15, 0.2) is 0 Å². The molecular weight excluding hydrogens is 254 g/mol. The van der Waals surface area contributed by atoms with Gasteiger partial charge in [0.05, 0.1) is 0 Å². The average molecular weight is 275 g/mol. The third-order valence-corrected chi connectivity index (χ3v) is 3.00. The van der Waals surface area contributed by atoms with Crippen LogP contribution in [0.3, 0.4) is 0 Å². The third-order valence-electron chi connectivity index (χ3n) is 3.00. The van der Waals surface area contributed by atoms with Gasteiger partial charge in [-0.15, -0.1) is 0 Å². The molecule has 0 aliphatic heterocycles. The van der Waals surface area contributed by atoms with Gasteiger partial charge in [-0.25, -0.2) is 4.79 Å². The van der Waals surface area contributed by atoms with Crippen molar-refractivity contribution in [2.45, 2.75) is 39.5 Å². The van der Waals surface area contributed by atoms with E-state index in [0.29, 0.717) is 5.92 Å². The van der Waals surface area contributed by atoms with Crippen LogP contribution in [0.15, 0.2) is 30.4 Å². The summed E-state index contributed by atoms with van der Waals surface area (Å²) in [6, 6.07) is 5.94. The molecule has 1 rings (SSSR count). The first kappa shape index (κ1) is 16.0. The maximum absolute atomic E-state index is 11.6. The number of amides is 1. The van der Waals surface area contributed by atoms with E-state index in [1.165, 1.54) is 5.56 Å². The van der Waals surface area contributed by atoms with Gasteiger partial charge in [0.2, 0.25) is 5.91 Å².